The molecule has 134 valence electrons. The lowest BCUT2D eigenvalue weighted by atomic mass is 10.2. The molecule has 0 radical (unpaired) electrons. The molecule has 25 heavy (non-hydrogen) atoms. The molecule has 1 aliphatic rings. The number of nitrogens with zero attached hydrogens (tertiary/aromatic N) is 3. The van der Waals surface area contributed by atoms with E-state index in [-0.39, 0.29) is 16.5 Å². The predicted molar refractivity (Wildman–Crippen MR) is 94.8 cm³/mol. The maximum absolute atomic E-state index is 14.0. The number of amides is 1. The minimum absolute atomic E-state index is 0.110. The number of rotatable bonds is 3. The van der Waals surface area contributed by atoms with Gasteiger partial charge in [-0.15, -0.1) is 11.3 Å². The molecule has 2 heterocycles. The Morgan fingerprint density at radius 3 is 2.32 bits per heavy atom. The Labute approximate surface area is 150 Å². The molecule has 0 saturated carbocycles. The molecule has 0 spiro atoms. The number of hydrogen-bond acceptors (Lipinski definition) is 4. The quantitative estimate of drug-likeness (QED) is 0.834. The number of thiazole rings is 1. The molecule has 3 rings (SSSR count). The van der Waals surface area contributed by atoms with Crippen molar-refractivity contribution in [1.82, 2.24) is 14.8 Å². The molecule has 1 saturated heterocycles. The summed E-state index contributed by atoms with van der Waals surface area (Å²) < 4.78 is 28.0. The predicted octanol–water partition coefficient (Wildman–Crippen LogP) is 3.56. The fourth-order valence-corrected chi connectivity index (χ4v) is 4.07. The van der Waals surface area contributed by atoms with Gasteiger partial charge in [-0.05, 0) is 32.9 Å². The molecule has 4 nitrogen and oxygen atoms in total. The van der Waals surface area contributed by atoms with Gasteiger partial charge in [0.05, 0.1) is 11.3 Å². The highest BCUT2D eigenvalue weighted by molar-refractivity contribution is 7.17. The van der Waals surface area contributed by atoms with Crippen LogP contribution in [0.4, 0.5) is 8.78 Å². The highest BCUT2D eigenvalue weighted by atomic mass is 32.1. The summed E-state index contributed by atoms with van der Waals surface area (Å²) in [4.78, 5) is 21.6. The minimum atomic E-state index is -0.668. The Morgan fingerprint density at radius 1 is 1.16 bits per heavy atom. The van der Waals surface area contributed by atoms with Gasteiger partial charge in [-0.3, -0.25) is 9.69 Å². The molecule has 1 aromatic carbocycles. The Hall–Kier alpha value is -1.86. The van der Waals surface area contributed by atoms with E-state index in [9.17, 15) is 13.6 Å². The van der Waals surface area contributed by atoms with Gasteiger partial charge in [0.25, 0.3) is 5.91 Å². The fraction of sp³-hybridized carbons (Fsp3) is 0.444. The molecule has 1 fully saturated rings. The highest BCUT2D eigenvalue weighted by Gasteiger charge is 2.27. The normalized spacial score (nSPS) is 15.8. The number of carbonyl (C=O) groups is 1. The van der Waals surface area contributed by atoms with Crippen molar-refractivity contribution in [3.05, 3.63) is 40.4 Å². The van der Waals surface area contributed by atoms with E-state index in [1.54, 1.807) is 11.8 Å². The number of piperazine rings is 1. The van der Waals surface area contributed by atoms with E-state index < -0.39 is 11.6 Å². The van der Waals surface area contributed by atoms with E-state index in [0.29, 0.717) is 29.7 Å². The monoisotopic (exact) mass is 365 g/mol. The topological polar surface area (TPSA) is 36.4 Å². The first-order chi connectivity index (χ1) is 11.9. The molecular formula is C18H21F2N3OS. The standard InChI is InChI=1S/C18H21F2N3OS/c1-11(2)22-7-9-23(10-8-22)18(24)16-12(3)21-17(25-16)15-13(19)5-4-6-14(15)20/h4-6,11H,7-10H2,1-3H3. The van der Waals surface area contributed by atoms with E-state index in [1.165, 1.54) is 18.2 Å². The fourth-order valence-electron chi connectivity index (χ4n) is 2.99. The first kappa shape index (κ1) is 17.9. The van der Waals surface area contributed by atoms with Crippen LogP contribution in [0.1, 0.15) is 29.2 Å². The molecule has 0 aliphatic carbocycles. The van der Waals surface area contributed by atoms with Crippen LogP contribution in [-0.4, -0.2) is 52.9 Å². The van der Waals surface area contributed by atoms with Crippen LogP contribution in [0.2, 0.25) is 0 Å². The van der Waals surface area contributed by atoms with E-state index in [0.717, 1.165) is 24.4 Å². The summed E-state index contributed by atoms with van der Waals surface area (Å²) in [5.74, 6) is -1.45. The van der Waals surface area contributed by atoms with Crippen LogP contribution in [0.15, 0.2) is 18.2 Å². The zero-order chi connectivity index (χ0) is 18.1. The van der Waals surface area contributed by atoms with Gasteiger partial charge in [-0.2, -0.15) is 0 Å². The van der Waals surface area contributed by atoms with E-state index in [4.69, 9.17) is 0 Å². The van der Waals surface area contributed by atoms with Crippen LogP contribution in [0.3, 0.4) is 0 Å². The lowest BCUT2D eigenvalue weighted by molar-refractivity contribution is 0.0599. The van der Waals surface area contributed by atoms with Gasteiger partial charge in [-0.1, -0.05) is 6.07 Å². The van der Waals surface area contributed by atoms with Crippen molar-refractivity contribution in [3.8, 4) is 10.6 Å². The second-order valence-electron chi connectivity index (χ2n) is 6.45. The minimum Gasteiger partial charge on any atom is -0.335 e. The van der Waals surface area contributed by atoms with Crippen LogP contribution in [0, 0.1) is 18.6 Å². The van der Waals surface area contributed by atoms with Crippen molar-refractivity contribution in [3.63, 3.8) is 0 Å². The third kappa shape index (κ3) is 3.57. The Bertz CT molecular complexity index is 762. The molecule has 0 atom stereocenters. The highest BCUT2D eigenvalue weighted by Crippen LogP contribution is 2.32. The Morgan fingerprint density at radius 2 is 1.76 bits per heavy atom. The zero-order valence-electron chi connectivity index (χ0n) is 14.6. The average molecular weight is 365 g/mol. The number of benzene rings is 1. The molecule has 1 aliphatic heterocycles. The molecule has 0 bridgehead atoms. The summed E-state index contributed by atoms with van der Waals surface area (Å²) in [5, 5.41) is 0.206. The average Bonchev–Trinajstić information content (AvgIpc) is 2.95. The van der Waals surface area contributed by atoms with Crippen LogP contribution in [0.25, 0.3) is 10.6 Å². The number of hydrogen-bond donors (Lipinski definition) is 0. The first-order valence-electron chi connectivity index (χ1n) is 8.33. The maximum Gasteiger partial charge on any atom is 0.265 e. The lowest BCUT2D eigenvalue weighted by Gasteiger charge is -2.36. The van der Waals surface area contributed by atoms with E-state index in [2.05, 4.69) is 23.7 Å². The van der Waals surface area contributed by atoms with Gasteiger partial charge in [0, 0.05) is 32.2 Å². The molecular weight excluding hydrogens is 344 g/mol. The lowest BCUT2D eigenvalue weighted by Crippen LogP contribution is -2.50. The largest absolute Gasteiger partial charge is 0.335 e. The van der Waals surface area contributed by atoms with Gasteiger partial charge < -0.3 is 4.90 Å². The zero-order valence-corrected chi connectivity index (χ0v) is 15.4. The van der Waals surface area contributed by atoms with Crippen LogP contribution < -0.4 is 0 Å². The van der Waals surface area contributed by atoms with Gasteiger partial charge >= 0.3 is 0 Å². The molecule has 0 unspecified atom stereocenters. The first-order valence-corrected chi connectivity index (χ1v) is 9.15. The third-order valence-electron chi connectivity index (χ3n) is 4.50. The van der Waals surface area contributed by atoms with E-state index >= 15 is 0 Å². The van der Waals surface area contributed by atoms with Gasteiger partial charge in [0.1, 0.15) is 21.5 Å². The summed E-state index contributed by atoms with van der Waals surface area (Å²) in [5.41, 5.74) is 0.346. The Kier molecular flexibility index (Phi) is 5.15. The summed E-state index contributed by atoms with van der Waals surface area (Å²) in [6.45, 7) is 8.94. The molecule has 7 heteroatoms. The SMILES string of the molecule is Cc1nc(-c2c(F)cccc2F)sc1C(=O)N1CCN(C(C)C)CC1. The summed E-state index contributed by atoms with van der Waals surface area (Å²) in [6, 6.07) is 4.16. The van der Waals surface area contributed by atoms with Crippen molar-refractivity contribution in [2.45, 2.75) is 26.8 Å². The molecule has 1 amide bonds. The second-order valence-corrected chi connectivity index (χ2v) is 7.45. The molecule has 0 N–H and O–H groups in total. The van der Waals surface area contributed by atoms with E-state index in [1.807, 2.05) is 0 Å². The van der Waals surface area contributed by atoms with Crippen LogP contribution >= 0.6 is 11.3 Å². The number of carbonyl (C=O) groups excluding carboxylic acids is 1. The smallest absolute Gasteiger partial charge is 0.265 e. The van der Waals surface area contributed by atoms with Crippen molar-refractivity contribution in [1.29, 1.82) is 0 Å². The van der Waals surface area contributed by atoms with Gasteiger partial charge in [0.15, 0.2) is 0 Å². The van der Waals surface area contributed by atoms with Crippen LogP contribution in [0.5, 0.6) is 0 Å². The number of aromatic nitrogens is 1. The second kappa shape index (κ2) is 7.17. The summed E-state index contributed by atoms with van der Waals surface area (Å²) >= 11 is 1.05. The van der Waals surface area contributed by atoms with Gasteiger partial charge in [-0.25, -0.2) is 13.8 Å². The van der Waals surface area contributed by atoms with Crippen molar-refractivity contribution in [2.75, 3.05) is 26.2 Å². The number of halogens is 2. The summed E-state index contributed by atoms with van der Waals surface area (Å²) in [7, 11) is 0. The Balaban J connectivity index is 1.82. The van der Waals surface area contributed by atoms with Crippen molar-refractivity contribution >= 4 is 17.2 Å². The number of aryl methyl sites for hydroxylation is 1. The maximum atomic E-state index is 14.0. The van der Waals surface area contributed by atoms with Crippen molar-refractivity contribution in [2.24, 2.45) is 0 Å². The third-order valence-corrected chi connectivity index (χ3v) is 5.66. The molecule has 2 aromatic rings. The van der Waals surface area contributed by atoms with Crippen LogP contribution in [-0.2, 0) is 0 Å². The summed E-state index contributed by atoms with van der Waals surface area (Å²) in [6.07, 6.45) is 0. The van der Waals surface area contributed by atoms with Gasteiger partial charge in [0.2, 0.25) is 0 Å². The molecule has 1 aromatic heterocycles. The van der Waals surface area contributed by atoms with Crippen molar-refractivity contribution < 1.29 is 13.6 Å².